The van der Waals surface area contributed by atoms with Gasteiger partial charge in [0.25, 0.3) is 0 Å². The summed E-state index contributed by atoms with van der Waals surface area (Å²) in [7, 11) is 0. The number of unbranched alkanes of at least 4 members (excludes halogenated alkanes) is 3. The maximum absolute atomic E-state index is 11.8. The Balaban J connectivity index is 4.72. The first-order valence-corrected chi connectivity index (χ1v) is 8.79. The zero-order chi connectivity index (χ0) is 15.4. The molecule has 0 aromatic rings. The molecule has 0 saturated heterocycles. The molecule has 0 aliphatic rings. The van der Waals surface area contributed by atoms with E-state index in [2.05, 4.69) is 27.7 Å². The molecule has 2 nitrogen and oxygen atoms in total. The molecule has 0 aliphatic heterocycles. The highest BCUT2D eigenvalue weighted by Crippen LogP contribution is 2.39. The van der Waals surface area contributed by atoms with Crippen LogP contribution in [0.25, 0.3) is 0 Å². The summed E-state index contributed by atoms with van der Waals surface area (Å²) in [4.78, 5) is 11.8. The minimum atomic E-state index is -0.565. The van der Waals surface area contributed by atoms with Crippen molar-refractivity contribution in [2.75, 3.05) is 0 Å². The molecule has 0 radical (unpaired) electrons. The maximum atomic E-state index is 11.8. The molecule has 0 amide bonds. The summed E-state index contributed by atoms with van der Waals surface area (Å²) < 4.78 is 0. The fourth-order valence-electron chi connectivity index (χ4n) is 3.28. The van der Waals surface area contributed by atoms with E-state index in [9.17, 15) is 9.90 Å². The van der Waals surface area contributed by atoms with Crippen molar-refractivity contribution in [2.45, 2.75) is 98.3 Å². The van der Waals surface area contributed by atoms with Crippen LogP contribution in [0.2, 0.25) is 0 Å². The van der Waals surface area contributed by atoms with Crippen molar-refractivity contribution in [2.24, 2.45) is 11.3 Å². The number of carbonyl (C=O) groups is 1. The van der Waals surface area contributed by atoms with Crippen LogP contribution in [0.15, 0.2) is 0 Å². The standard InChI is InChI=1S/C18H36O2/c1-5-9-11-13-16(12-7-3)15-18(8-4,17(19)20)14-10-6-2/h16H,5-15H2,1-4H3,(H,19,20). The van der Waals surface area contributed by atoms with Gasteiger partial charge in [0.15, 0.2) is 0 Å². The van der Waals surface area contributed by atoms with E-state index in [1.165, 1.54) is 38.5 Å². The van der Waals surface area contributed by atoms with Gasteiger partial charge in [-0.25, -0.2) is 0 Å². The Hall–Kier alpha value is -0.530. The third-order valence-corrected chi connectivity index (χ3v) is 4.73. The molecule has 0 rings (SSSR count). The molecule has 0 spiro atoms. The van der Waals surface area contributed by atoms with Crippen molar-refractivity contribution in [3.05, 3.63) is 0 Å². The highest BCUT2D eigenvalue weighted by molar-refractivity contribution is 5.74. The summed E-state index contributed by atoms with van der Waals surface area (Å²) in [6.07, 6.45) is 12.0. The van der Waals surface area contributed by atoms with E-state index in [1.54, 1.807) is 0 Å². The van der Waals surface area contributed by atoms with Gasteiger partial charge in [0.2, 0.25) is 0 Å². The fraction of sp³-hybridized carbons (Fsp3) is 0.944. The van der Waals surface area contributed by atoms with Gasteiger partial charge in [0, 0.05) is 0 Å². The van der Waals surface area contributed by atoms with Gasteiger partial charge in [-0.1, -0.05) is 79.1 Å². The molecule has 0 bridgehead atoms. The lowest BCUT2D eigenvalue weighted by atomic mass is 9.71. The Bertz CT molecular complexity index is 250. The molecule has 20 heavy (non-hydrogen) atoms. The molecule has 1 N–H and O–H groups in total. The van der Waals surface area contributed by atoms with Gasteiger partial charge in [0.05, 0.1) is 5.41 Å². The van der Waals surface area contributed by atoms with E-state index in [4.69, 9.17) is 0 Å². The van der Waals surface area contributed by atoms with Gasteiger partial charge in [-0.2, -0.15) is 0 Å². The van der Waals surface area contributed by atoms with E-state index in [1.807, 2.05) is 0 Å². The molecule has 2 atom stereocenters. The average molecular weight is 284 g/mol. The molecular weight excluding hydrogens is 248 g/mol. The van der Waals surface area contributed by atoms with Crippen LogP contribution in [0.4, 0.5) is 0 Å². The lowest BCUT2D eigenvalue weighted by Crippen LogP contribution is -2.33. The number of rotatable bonds is 13. The van der Waals surface area contributed by atoms with Crippen LogP contribution in [0.3, 0.4) is 0 Å². The van der Waals surface area contributed by atoms with E-state index in [0.29, 0.717) is 5.92 Å². The van der Waals surface area contributed by atoms with Crippen molar-refractivity contribution in [3.63, 3.8) is 0 Å². The molecule has 0 aromatic heterocycles. The highest BCUT2D eigenvalue weighted by Gasteiger charge is 2.37. The van der Waals surface area contributed by atoms with Gasteiger partial charge in [0.1, 0.15) is 0 Å². The minimum Gasteiger partial charge on any atom is -0.481 e. The molecular formula is C18H36O2. The minimum absolute atomic E-state index is 0.470. The largest absolute Gasteiger partial charge is 0.481 e. The van der Waals surface area contributed by atoms with Crippen molar-refractivity contribution < 1.29 is 9.90 Å². The summed E-state index contributed by atoms with van der Waals surface area (Å²) >= 11 is 0. The number of hydrogen-bond donors (Lipinski definition) is 1. The lowest BCUT2D eigenvalue weighted by molar-refractivity contribution is -0.151. The number of carboxylic acids is 1. The van der Waals surface area contributed by atoms with Crippen LogP contribution in [0.5, 0.6) is 0 Å². The third kappa shape index (κ3) is 6.76. The van der Waals surface area contributed by atoms with E-state index < -0.39 is 11.4 Å². The van der Waals surface area contributed by atoms with Gasteiger partial charge < -0.3 is 5.11 Å². The number of carboxylic acid groups (broad SMARTS) is 1. The van der Waals surface area contributed by atoms with Gasteiger partial charge >= 0.3 is 5.97 Å². The molecule has 120 valence electrons. The van der Waals surface area contributed by atoms with Crippen LogP contribution < -0.4 is 0 Å². The van der Waals surface area contributed by atoms with Crippen LogP contribution in [-0.2, 0) is 4.79 Å². The fourth-order valence-corrected chi connectivity index (χ4v) is 3.28. The van der Waals surface area contributed by atoms with E-state index in [-0.39, 0.29) is 0 Å². The smallest absolute Gasteiger partial charge is 0.309 e. The topological polar surface area (TPSA) is 37.3 Å². The van der Waals surface area contributed by atoms with Crippen molar-refractivity contribution in [1.29, 1.82) is 0 Å². The monoisotopic (exact) mass is 284 g/mol. The van der Waals surface area contributed by atoms with Crippen LogP contribution in [0, 0.1) is 11.3 Å². The molecule has 0 heterocycles. The number of hydrogen-bond acceptors (Lipinski definition) is 1. The Kier molecular flexibility index (Phi) is 10.9. The second-order valence-corrected chi connectivity index (χ2v) is 6.40. The summed E-state index contributed by atoms with van der Waals surface area (Å²) in [6, 6.07) is 0. The number of aliphatic carboxylic acids is 1. The quantitative estimate of drug-likeness (QED) is 0.418. The molecule has 0 aromatic carbocycles. The second kappa shape index (κ2) is 11.2. The predicted molar refractivity (Wildman–Crippen MR) is 87.0 cm³/mol. The van der Waals surface area contributed by atoms with Crippen LogP contribution in [-0.4, -0.2) is 11.1 Å². The summed E-state index contributed by atoms with van der Waals surface area (Å²) in [6.45, 7) is 8.64. The maximum Gasteiger partial charge on any atom is 0.309 e. The average Bonchev–Trinajstić information content (AvgIpc) is 2.43. The third-order valence-electron chi connectivity index (χ3n) is 4.73. The van der Waals surface area contributed by atoms with Crippen molar-refractivity contribution in [1.82, 2.24) is 0 Å². The molecule has 0 fully saturated rings. The van der Waals surface area contributed by atoms with E-state index >= 15 is 0 Å². The lowest BCUT2D eigenvalue weighted by Gasteiger charge is -2.32. The zero-order valence-electron chi connectivity index (χ0n) is 14.2. The van der Waals surface area contributed by atoms with Gasteiger partial charge in [-0.05, 0) is 25.2 Å². The molecule has 0 saturated carbocycles. The van der Waals surface area contributed by atoms with Crippen molar-refractivity contribution in [3.8, 4) is 0 Å². The predicted octanol–water partition coefficient (Wildman–Crippen LogP) is 6.04. The first-order chi connectivity index (χ1) is 9.56. The zero-order valence-corrected chi connectivity index (χ0v) is 14.2. The highest BCUT2D eigenvalue weighted by atomic mass is 16.4. The Morgan fingerprint density at radius 3 is 2.05 bits per heavy atom. The van der Waals surface area contributed by atoms with Gasteiger partial charge in [-0.3, -0.25) is 4.79 Å². The Labute approximate surface area is 126 Å². The second-order valence-electron chi connectivity index (χ2n) is 6.40. The summed E-state index contributed by atoms with van der Waals surface area (Å²) in [5.74, 6) is 0.0319. The van der Waals surface area contributed by atoms with Crippen LogP contribution in [0.1, 0.15) is 98.3 Å². The summed E-state index contributed by atoms with van der Waals surface area (Å²) in [5, 5.41) is 9.74. The molecule has 2 unspecified atom stereocenters. The molecule has 2 heteroatoms. The Morgan fingerprint density at radius 1 is 0.950 bits per heavy atom. The first kappa shape index (κ1) is 19.5. The SMILES string of the molecule is CCCCCC(CCC)CC(CC)(CCCC)C(=O)O. The van der Waals surface area contributed by atoms with Crippen molar-refractivity contribution >= 4 is 5.97 Å². The van der Waals surface area contributed by atoms with Gasteiger partial charge in [-0.15, -0.1) is 0 Å². The first-order valence-electron chi connectivity index (χ1n) is 8.79. The Morgan fingerprint density at radius 2 is 1.60 bits per heavy atom. The van der Waals surface area contributed by atoms with E-state index in [0.717, 1.165) is 32.1 Å². The normalized spacial score (nSPS) is 15.8. The summed E-state index contributed by atoms with van der Waals surface area (Å²) in [5.41, 5.74) is -0.470. The van der Waals surface area contributed by atoms with Crippen LogP contribution >= 0.6 is 0 Å². The molecule has 0 aliphatic carbocycles.